The van der Waals surface area contributed by atoms with Gasteiger partial charge in [-0.25, -0.2) is 4.39 Å². The molecule has 2 aliphatic heterocycles. The highest BCUT2D eigenvalue weighted by molar-refractivity contribution is 6.01. The summed E-state index contributed by atoms with van der Waals surface area (Å²) in [7, 11) is 0. The van der Waals surface area contributed by atoms with E-state index in [1.54, 1.807) is 19.1 Å². The summed E-state index contributed by atoms with van der Waals surface area (Å²) in [6, 6.07) is 4.66. The van der Waals surface area contributed by atoms with Gasteiger partial charge in [-0.1, -0.05) is 6.07 Å². The Morgan fingerprint density at radius 2 is 2.13 bits per heavy atom. The van der Waals surface area contributed by atoms with Gasteiger partial charge in [0.2, 0.25) is 17.7 Å². The van der Waals surface area contributed by atoms with Crippen molar-refractivity contribution in [3.05, 3.63) is 29.6 Å². The Hall–Kier alpha value is -2.44. The first kappa shape index (κ1) is 15.5. The number of aryl methyl sites for hydroxylation is 1. The van der Waals surface area contributed by atoms with E-state index >= 15 is 0 Å². The molecule has 2 heterocycles. The Morgan fingerprint density at radius 1 is 1.35 bits per heavy atom. The van der Waals surface area contributed by atoms with Crippen LogP contribution in [0.4, 0.5) is 10.1 Å². The van der Waals surface area contributed by atoms with Gasteiger partial charge in [-0.2, -0.15) is 0 Å². The topological polar surface area (TPSA) is 69.7 Å². The van der Waals surface area contributed by atoms with Crippen molar-refractivity contribution in [1.29, 1.82) is 0 Å². The fourth-order valence-electron chi connectivity index (χ4n) is 3.02. The molecule has 0 saturated carbocycles. The summed E-state index contributed by atoms with van der Waals surface area (Å²) in [6.45, 7) is 2.79. The number of carbonyl (C=O) groups excluding carboxylic acids is 3. The first-order valence-corrected chi connectivity index (χ1v) is 7.57. The average molecular weight is 319 g/mol. The van der Waals surface area contributed by atoms with Crippen molar-refractivity contribution in [3.63, 3.8) is 0 Å². The average Bonchev–Trinajstić information content (AvgIpc) is 2.88. The van der Waals surface area contributed by atoms with Crippen molar-refractivity contribution in [2.45, 2.75) is 13.3 Å². The zero-order chi connectivity index (χ0) is 16.6. The summed E-state index contributed by atoms with van der Waals surface area (Å²) in [5.74, 6) is -1.69. The molecule has 0 aromatic heterocycles. The second-order valence-electron chi connectivity index (χ2n) is 5.97. The van der Waals surface area contributed by atoms with Gasteiger partial charge in [0.05, 0.1) is 18.2 Å². The van der Waals surface area contributed by atoms with Crippen LogP contribution in [0.5, 0.6) is 0 Å². The molecule has 7 heteroatoms. The first-order chi connectivity index (χ1) is 11.0. The molecule has 1 aromatic rings. The minimum Gasteiger partial charge on any atom is -0.353 e. The summed E-state index contributed by atoms with van der Waals surface area (Å²) in [5, 5.41) is 2.65. The van der Waals surface area contributed by atoms with Crippen LogP contribution in [0.25, 0.3) is 0 Å². The summed E-state index contributed by atoms with van der Waals surface area (Å²) in [6.07, 6.45) is 0.0459. The molecule has 0 unspecified atom stereocenters. The van der Waals surface area contributed by atoms with Gasteiger partial charge in [-0.05, 0) is 24.6 Å². The second-order valence-corrected chi connectivity index (χ2v) is 5.97. The lowest BCUT2D eigenvalue weighted by Crippen LogP contribution is -2.51. The maximum atomic E-state index is 14.1. The molecule has 1 aromatic carbocycles. The van der Waals surface area contributed by atoms with Crippen molar-refractivity contribution in [2.75, 3.05) is 31.1 Å². The Balaban J connectivity index is 1.74. The molecular formula is C16H18FN3O3. The first-order valence-electron chi connectivity index (χ1n) is 7.57. The molecule has 0 bridgehead atoms. The lowest BCUT2D eigenvalue weighted by molar-refractivity contribution is -0.141. The molecule has 1 N–H and O–H groups in total. The quantitative estimate of drug-likeness (QED) is 0.860. The van der Waals surface area contributed by atoms with Crippen LogP contribution < -0.4 is 10.2 Å². The van der Waals surface area contributed by atoms with Crippen LogP contribution >= 0.6 is 0 Å². The lowest BCUT2D eigenvalue weighted by atomic mass is 10.1. The normalized spacial score (nSPS) is 21.6. The number of hydrogen-bond donors (Lipinski definition) is 1. The number of anilines is 1. The zero-order valence-electron chi connectivity index (χ0n) is 12.8. The third-order valence-corrected chi connectivity index (χ3v) is 4.22. The van der Waals surface area contributed by atoms with Gasteiger partial charge in [-0.3, -0.25) is 14.4 Å². The van der Waals surface area contributed by atoms with Gasteiger partial charge in [0.25, 0.3) is 0 Å². The standard InChI is InChI=1S/C16H18FN3O3/c1-10-2-3-13(12(17)6-10)20-8-11(7-15(20)22)16(23)19-5-4-18-14(21)9-19/h2-3,6,11H,4-5,7-9H2,1H3,(H,18,21)/t11-/m1/s1. The Bertz CT molecular complexity index is 677. The smallest absolute Gasteiger partial charge is 0.239 e. The van der Waals surface area contributed by atoms with E-state index < -0.39 is 11.7 Å². The molecule has 2 fully saturated rings. The molecule has 0 radical (unpaired) electrons. The van der Waals surface area contributed by atoms with E-state index in [2.05, 4.69) is 5.32 Å². The lowest BCUT2D eigenvalue weighted by Gasteiger charge is -2.28. The Morgan fingerprint density at radius 3 is 2.83 bits per heavy atom. The van der Waals surface area contributed by atoms with Crippen LogP contribution in [0, 0.1) is 18.7 Å². The van der Waals surface area contributed by atoms with E-state index in [1.807, 2.05) is 0 Å². The van der Waals surface area contributed by atoms with Crippen LogP contribution in [0.3, 0.4) is 0 Å². The van der Waals surface area contributed by atoms with Crippen LogP contribution in [0.15, 0.2) is 18.2 Å². The predicted octanol–water partition coefficient (Wildman–Crippen LogP) is 0.445. The second kappa shape index (κ2) is 5.98. The van der Waals surface area contributed by atoms with Crippen molar-refractivity contribution in [1.82, 2.24) is 10.2 Å². The maximum absolute atomic E-state index is 14.1. The number of nitrogens with one attached hydrogen (secondary N) is 1. The molecule has 122 valence electrons. The number of piperazine rings is 1. The SMILES string of the molecule is Cc1ccc(N2C[C@H](C(=O)N3CCNC(=O)C3)CC2=O)c(F)c1. The number of halogens is 1. The van der Waals surface area contributed by atoms with Crippen LogP contribution in [0.2, 0.25) is 0 Å². The van der Waals surface area contributed by atoms with E-state index in [1.165, 1.54) is 15.9 Å². The highest BCUT2D eigenvalue weighted by Gasteiger charge is 2.38. The van der Waals surface area contributed by atoms with Gasteiger partial charge < -0.3 is 15.1 Å². The molecule has 6 nitrogen and oxygen atoms in total. The number of rotatable bonds is 2. The van der Waals surface area contributed by atoms with Gasteiger partial charge in [0.15, 0.2) is 0 Å². The Kier molecular flexibility index (Phi) is 4.02. The maximum Gasteiger partial charge on any atom is 0.239 e. The van der Waals surface area contributed by atoms with E-state index in [0.29, 0.717) is 13.1 Å². The number of nitrogens with zero attached hydrogens (tertiary/aromatic N) is 2. The van der Waals surface area contributed by atoms with Crippen LogP contribution in [0.1, 0.15) is 12.0 Å². The molecule has 1 atom stereocenters. The molecule has 23 heavy (non-hydrogen) atoms. The van der Waals surface area contributed by atoms with E-state index in [4.69, 9.17) is 0 Å². The highest BCUT2D eigenvalue weighted by Crippen LogP contribution is 2.29. The summed E-state index contributed by atoms with van der Waals surface area (Å²) < 4.78 is 14.1. The highest BCUT2D eigenvalue weighted by atomic mass is 19.1. The summed E-state index contributed by atoms with van der Waals surface area (Å²) in [4.78, 5) is 38.8. The molecule has 2 saturated heterocycles. The van der Waals surface area contributed by atoms with Crippen molar-refractivity contribution < 1.29 is 18.8 Å². The predicted molar refractivity (Wildman–Crippen MR) is 81.2 cm³/mol. The molecule has 3 rings (SSSR count). The molecule has 3 amide bonds. The van der Waals surface area contributed by atoms with Crippen molar-refractivity contribution >= 4 is 23.4 Å². The summed E-state index contributed by atoms with van der Waals surface area (Å²) in [5.41, 5.74) is 0.970. The van der Waals surface area contributed by atoms with Gasteiger partial charge in [0.1, 0.15) is 5.82 Å². The van der Waals surface area contributed by atoms with Crippen LogP contribution in [-0.2, 0) is 14.4 Å². The van der Waals surface area contributed by atoms with E-state index in [9.17, 15) is 18.8 Å². The van der Waals surface area contributed by atoms with Crippen molar-refractivity contribution in [3.8, 4) is 0 Å². The van der Waals surface area contributed by atoms with Crippen molar-refractivity contribution in [2.24, 2.45) is 5.92 Å². The van der Waals surface area contributed by atoms with E-state index in [-0.39, 0.29) is 42.9 Å². The minimum absolute atomic E-state index is 0.0163. The fourth-order valence-corrected chi connectivity index (χ4v) is 3.02. The third-order valence-electron chi connectivity index (χ3n) is 4.22. The van der Waals surface area contributed by atoms with Gasteiger partial charge >= 0.3 is 0 Å². The molecular weight excluding hydrogens is 301 g/mol. The third kappa shape index (κ3) is 3.04. The fraction of sp³-hybridized carbons (Fsp3) is 0.438. The Labute approximate surface area is 133 Å². The van der Waals surface area contributed by atoms with Gasteiger partial charge in [-0.15, -0.1) is 0 Å². The largest absolute Gasteiger partial charge is 0.353 e. The number of amides is 3. The zero-order valence-corrected chi connectivity index (χ0v) is 12.8. The monoisotopic (exact) mass is 319 g/mol. The van der Waals surface area contributed by atoms with Crippen LogP contribution in [-0.4, -0.2) is 48.8 Å². The number of hydrogen-bond acceptors (Lipinski definition) is 3. The number of carbonyl (C=O) groups is 3. The molecule has 2 aliphatic rings. The molecule has 0 aliphatic carbocycles. The van der Waals surface area contributed by atoms with Gasteiger partial charge in [0, 0.05) is 26.1 Å². The number of benzene rings is 1. The van der Waals surface area contributed by atoms with E-state index in [0.717, 1.165) is 5.56 Å². The summed E-state index contributed by atoms with van der Waals surface area (Å²) >= 11 is 0. The molecule has 0 spiro atoms. The minimum atomic E-state index is -0.533.